The third-order valence-electron chi connectivity index (χ3n) is 5.88. The summed E-state index contributed by atoms with van der Waals surface area (Å²) in [5, 5.41) is 0. The van der Waals surface area contributed by atoms with Crippen molar-refractivity contribution in [1.82, 2.24) is 0 Å². The van der Waals surface area contributed by atoms with E-state index in [-0.39, 0.29) is 17.8 Å². The van der Waals surface area contributed by atoms with Gasteiger partial charge in [-0.25, -0.2) is 9.79 Å². The van der Waals surface area contributed by atoms with Crippen LogP contribution in [0.4, 0.5) is 0 Å². The fourth-order valence-corrected chi connectivity index (χ4v) is 4.71. The fourth-order valence-electron chi connectivity index (χ4n) is 4.71. The first kappa shape index (κ1) is 15.4. The lowest BCUT2D eigenvalue weighted by Crippen LogP contribution is -2.44. The van der Waals surface area contributed by atoms with Crippen molar-refractivity contribution in [3.63, 3.8) is 0 Å². The van der Waals surface area contributed by atoms with E-state index in [1.165, 1.54) is 0 Å². The zero-order chi connectivity index (χ0) is 17.7. The van der Waals surface area contributed by atoms with Crippen LogP contribution in [0.2, 0.25) is 0 Å². The minimum Gasteiger partial charge on any atom is -0.497 e. The Morgan fingerprint density at radius 3 is 2.58 bits per heavy atom. The average Bonchev–Trinajstić information content (AvgIpc) is 3.37. The molecule has 26 heavy (non-hydrogen) atoms. The standard InChI is InChI=1S/C22H19NO3/c1-25-18-11-8-14(9-12-18)19-16-7-10-17(13-16)22(19)21(24)26-20(23-22)15-5-3-2-4-6-15/h2-12,16-17,19H,13H2,1H3/t16?,17?,19-,22+/m1/s1. The molecule has 1 heterocycles. The van der Waals surface area contributed by atoms with Gasteiger partial charge in [0.25, 0.3) is 0 Å². The lowest BCUT2D eigenvalue weighted by Gasteiger charge is -2.32. The highest BCUT2D eigenvalue weighted by atomic mass is 16.6. The number of carbonyl (C=O) groups is 1. The van der Waals surface area contributed by atoms with E-state index in [0.717, 1.165) is 23.3 Å². The predicted octanol–water partition coefficient (Wildman–Crippen LogP) is 3.73. The Morgan fingerprint density at radius 1 is 1.08 bits per heavy atom. The van der Waals surface area contributed by atoms with E-state index in [4.69, 9.17) is 14.5 Å². The smallest absolute Gasteiger partial charge is 0.342 e. The number of benzene rings is 2. The van der Waals surface area contributed by atoms with Gasteiger partial charge in [0, 0.05) is 17.4 Å². The van der Waals surface area contributed by atoms with Gasteiger partial charge in [0.15, 0.2) is 5.54 Å². The van der Waals surface area contributed by atoms with Crippen molar-refractivity contribution in [3.8, 4) is 5.75 Å². The zero-order valence-electron chi connectivity index (χ0n) is 14.5. The summed E-state index contributed by atoms with van der Waals surface area (Å²) in [6.45, 7) is 0. The second-order valence-corrected chi connectivity index (χ2v) is 7.14. The monoisotopic (exact) mass is 345 g/mol. The molecule has 4 nitrogen and oxygen atoms in total. The lowest BCUT2D eigenvalue weighted by atomic mass is 9.73. The lowest BCUT2D eigenvalue weighted by molar-refractivity contribution is -0.140. The molecule has 0 aromatic heterocycles. The number of rotatable bonds is 3. The van der Waals surface area contributed by atoms with Crippen molar-refractivity contribution in [2.75, 3.05) is 7.11 Å². The minimum absolute atomic E-state index is 0.00267. The second kappa shape index (κ2) is 5.56. The summed E-state index contributed by atoms with van der Waals surface area (Å²) in [4.78, 5) is 18.0. The SMILES string of the molecule is COc1ccc([C@@H]2C3C=CC(C3)[C@]23N=C(c2ccccc2)OC3=O)cc1. The topological polar surface area (TPSA) is 47.9 Å². The molecule has 0 saturated heterocycles. The third-order valence-corrected chi connectivity index (χ3v) is 5.88. The number of aliphatic imine (C=N–C) groups is 1. The molecule has 1 aliphatic heterocycles. The second-order valence-electron chi connectivity index (χ2n) is 7.14. The molecule has 1 saturated carbocycles. The first-order chi connectivity index (χ1) is 12.7. The van der Waals surface area contributed by atoms with Gasteiger partial charge in [0.05, 0.1) is 7.11 Å². The molecule has 1 fully saturated rings. The Hall–Kier alpha value is -2.88. The number of hydrogen-bond donors (Lipinski definition) is 0. The summed E-state index contributed by atoms with van der Waals surface area (Å²) in [6, 6.07) is 17.6. The molecule has 2 aromatic carbocycles. The zero-order valence-corrected chi connectivity index (χ0v) is 14.5. The molecule has 0 radical (unpaired) electrons. The maximum absolute atomic E-state index is 13.1. The highest BCUT2D eigenvalue weighted by Gasteiger charge is 2.65. The number of allylic oxidation sites excluding steroid dienone is 1. The van der Waals surface area contributed by atoms with Gasteiger partial charge < -0.3 is 9.47 Å². The highest BCUT2D eigenvalue weighted by Crippen LogP contribution is 2.59. The van der Waals surface area contributed by atoms with Gasteiger partial charge in [-0.2, -0.15) is 0 Å². The quantitative estimate of drug-likeness (QED) is 0.629. The van der Waals surface area contributed by atoms with Gasteiger partial charge in [0.1, 0.15) is 5.75 Å². The Morgan fingerprint density at radius 2 is 1.85 bits per heavy atom. The van der Waals surface area contributed by atoms with Gasteiger partial charge in [-0.1, -0.05) is 42.5 Å². The molecular formula is C22H19NO3. The number of methoxy groups -OCH3 is 1. The van der Waals surface area contributed by atoms with Gasteiger partial charge in [-0.05, 0) is 42.2 Å². The highest BCUT2D eigenvalue weighted by molar-refractivity contribution is 6.09. The van der Waals surface area contributed by atoms with E-state index in [2.05, 4.69) is 12.2 Å². The Kier molecular flexibility index (Phi) is 3.29. The minimum atomic E-state index is -0.848. The van der Waals surface area contributed by atoms with Crippen LogP contribution in [-0.2, 0) is 9.53 Å². The largest absolute Gasteiger partial charge is 0.497 e. The summed E-state index contributed by atoms with van der Waals surface area (Å²) in [5.41, 5.74) is 1.11. The Balaban J connectivity index is 1.62. The number of ether oxygens (including phenoxy) is 2. The molecule has 2 aromatic rings. The van der Waals surface area contributed by atoms with Crippen LogP contribution >= 0.6 is 0 Å². The normalized spacial score (nSPS) is 31.3. The van der Waals surface area contributed by atoms with E-state index in [0.29, 0.717) is 11.8 Å². The van der Waals surface area contributed by atoms with E-state index in [1.807, 2.05) is 54.6 Å². The van der Waals surface area contributed by atoms with E-state index in [9.17, 15) is 4.79 Å². The summed E-state index contributed by atoms with van der Waals surface area (Å²) >= 11 is 0. The third kappa shape index (κ3) is 2.02. The first-order valence-electron chi connectivity index (χ1n) is 8.92. The van der Waals surface area contributed by atoms with E-state index < -0.39 is 5.54 Å². The maximum atomic E-state index is 13.1. The molecule has 0 amide bonds. The first-order valence-corrected chi connectivity index (χ1v) is 8.92. The van der Waals surface area contributed by atoms with Crippen LogP contribution < -0.4 is 4.74 Å². The van der Waals surface area contributed by atoms with Gasteiger partial charge >= 0.3 is 5.97 Å². The van der Waals surface area contributed by atoms with Crippen molar-refractivity contribution < 1.29 is 14.3 Å². The van der Waals surface area contributed by atoms with Crippen molar-refractivity contribution in [2.45, 2.75) is 17.9 Å². The summed E-state index contributed by atoms with van der Waals surface area (Å²) in [5.74, 6) is 1.42. The molecule has 0 N–H and O–H groups in total. The van der Waals surface area contributed by atoms with Crippen molar-refractivity contribution in [2.24, 2.45) is 16.8 Å². The number of cyclic esters (lactones) is 1. The number of carbonyl (C=O) groups excluding carboxylic acids is 1. The van der Waals surface area contributed by atoms with Crippen molar-refractivity contribution in [3.05, 3.63) is 77.9 Å². The summed E-state index contributed by atoms with van der Waals surface area (Å²) in [7, 11) is 1.65. The van der Waals surface area contributed by atoms with Crippen molar-refractivity contribution in [1.29, 1.82) is 0 Å². The molecule has 2 aliphatic carbocycles. The van der Waals surface area contributed by atoms with Crippen LogP contribution in [0.5, 0.6) is 5.75 Å². The van der Waals surface area contributed by atoms with E-state index in [1.54, 1.807) is 7.11 Å². The van der Waals surface area contributed by atoms with Gasteiger partial charge in [-0.3, -0.25) is 0 Å². The van der Waals surface area contributed by atoms with E-state index >= 15 is 0 Å². The molecule has 4 atom stereocenters. The van der Waals surface area contributed by atoms with Crippen LogP contribution in [-0.4, -0.2) is 24.5 Å². The van der Waals surface area contributed by atoms with Crippen LogP contribution in [0.1, 0.15) is 23.5 Å². The van der Waals surface area contributed by atoms with Crippen LogP contribution in [0.3, 0.4) is 0 Å². The molecule has 3 aliphatic rings. The summed E-state index contributed by atoms with van der Waals surface area (Å²) < 4.78 is 11.0. The van der Waals surface area contributed by atoms with Gasteiger partial charge in [-0.15, -0.1) is 0 Å². The fraction of sp³-hybridized carbons (Fsp3) is 0.273. The molecule has 5 rings (SSSR count). The molecule has 4 heteroatoms. The van der Waals surface area contributed by atoms with Crippen LogP contribution in [0.15, 0.2) is 71.7 Å². The van der Waals surface area contributed by atoms with Crippen LogP contribution in [0, 0.1) is 11.8 Å². The molecule has 1 spiro atoms. The average molecular weight is 345 g/mol. The predicted molar refractivity (Wildman–Crippen MR) is 98.3 cm³/mol. The Bertz CT molecular complexity index is 916. The molecular weight excluding hydrogens is 326 g/mol. The summed E-state index contributed by atoms with van der Waals surface area (Å²) in [6.07, 6.45) is 5.31. The number of fused-ring (bicyclic) bond motifs is 3. The Labute approximate surface area is 152 Å². The number of hydrogen-bond acceptors (Lipinski definition) is 4. The molecule has 130 valence electrons. The van der Waals surface area contributed by atoms with Gasteiger partial charge in [0.2, 0.25) is 5.90 Å². The maximum Gasteiger partial charge on any atom is 0.342 e. The van der Waals surface area contributed by atoms with Crippen LogP contribution in [0.25, 0.3) is 0 Å². The number of esters is 1. The molecule has 2 unspecified atom stereocenters. The number of nitrogens with zero attached hydrogens (tertiary/aromatic N) is 1. The van der Waals surface area contributed by atoms with Crippen molar-refractivity contribution >= 4 is 11.9 Å². The molecule has 2 bridgehead atoms.